The number of aromatic nitrogens is 4. The number of thiazole rings is 1. The summed E-state index contributed by atoms with van der Waals surface area (Å²) in [7, 11) is 0. The van der Waals surface area contributed by atoms with Gasteiger partial charge in [-0.3, -0.25) is 9.78 Å². The Balaban J connectivity index is 2.27. The molecule has 6 nitrogen and oxygen atoms in total. The summed E-state index contributed by atoms with van der Waals surface area (Å²) in [6, 6.07) is 0. The molecular weight excluding hydrogens is 260 g/mol. The molecule has 0 radical (unpaired) electrons. The van der Waals surface area contributed by atoms with Crippen LogP contribution in [0.4, 0.5) is 0 Å². The van der Waals surface area contributed by atoms with E-state index in [2.05, 4.69) is 15.2 Å². The van der Waals surface area contributed by atoms with Gasteiger partial charge in [0.15, 0.2) is 11.0 Å². The Kier molecular flexibility index (Phi) is 3.75. The highest BCUT2D eigenvalue weighted by Gasteiger charge is 2.14. The molecule has 0 fully saturated rings. The van der Waals surface area contributed by atoms with Crippen molar-refractivity contribution in [2.75, 3.05) is 5.75 Å². The van der Waals surface area contributed by atoms with Crippen molar-refractivity contribution in [2.24, 2.45) is 0 Å². The van der Waals surface area contributed by atoms with Crippen LogP contribution in [0.25, 0.3) is 10.7 Å². The minimum absolute atomic E-state index is 0.0131. The van der Waals surface area contributed by atoms with Crippen molar-refractivity contribution in [2.45, 2.75) is 18.6 Å². The molecule has 0 unspecified atom stereocenters. The molecule has 0 aromatic carbocycles. The van der Waals surface area contributed by atoms with E-state index < -0.39 is 5.97 Å². The van der Waals surface area contributed by atoms with E-state index in [1.165, 1.54) is 23.1 Å². The van der Waals surface area contributed by atoms with Crippen molar-refractivity contribution in [3.05, 3.63) is 11.7 Å². The summed E-state index contributed by atoms with van der Waals surface area (Å²) >= 11 is 2.66. The first-order chi connectivity index (χ1) is 8.22. The molecular formula is C9H10N4O2S2. The predicted molar refractivity (Wildman–Crippen MR) is 65.2 cm³/mol. The van der Waals surface area contributed by atoms with Crippen LogP contribution in [-0.4, -0.2) is 36.6 Å². The number of hydrogen-bond donors (Lipinski definition) is 1. The number of carboxylic acids is 1. The normalized spacial score (nSPS) is 10.6. The summed E-state index contributed by atoms with van der Waals surface area (Å²) in [6.07, 6.45) is 1.73. The number of aliphatic carboxylic acids is 1. The molecule has 0 aliphatic rings. The molecule has 2 rings (SSSR count). The average Bonchev–Trinajstić information content (AvgIpc) is 2.94. The van der Waals surface area contributed by atoms with E-state index in [-0.39, 0.29) is 5.75 Å². The van der Waals surface area contributed by atoms with Crippen molar-refractivity contribution in [3.8, 4) is 10.7 Å². The van der Waals surface area contributed by atoms with Crippen LogP contribution in [0, 0.1) is 0 Å². The molecule has 0 saturated carbocycles. The molecule has 0 aliphatic carbocycles. The molecule has 2 aromatic rings. The molecule has 0 bridgehead atoms. The van der Waals surface area contributed by atoms with Gasteiger partial charge in [-0.25, -0.2) is 0 Å². The molecule has 0 amide bonds. The first-order valence-electron chi connectivity index (χ1n) is 4.89. The third kappa shape index (κ3) is 2.64. The zero-order valence-electron chi connectivity index (χ0n) is 9.03. The number of carbonyl (C=O) groups is 1. The molecule has 8 heteroatoms. The Morgan fingerprint density at radius 3 is 3.00 bits per heavy atom. The highest BCUT2D eigenvalue weighted by atomic mass is 32.2. The van der Waals surface area contributed by atoms with E-state index >= 15 is 0 Å². The van der Waals surface area contributed by atoms with Crippen LogP contribution < -0.4 is 0 Å². The first-order valence-corrected chi connectivity index (χ1v) is 6.75. The van der Waals surface area contributed by atoms with E-state index in [9.17, 15) is 4.79 Å². The second kappa shape index (κ2) is 5.28. The van der Waals surface area contributed by atoms with E-state index in [0.29, 0.717) is 11.7 Å². The highest BCUT2D eigenvalue weighted by Crippen LogP contribution is 2.25. The Morgan fingerprint density at radius 2 is 2.41 bits per heavy atom. The van der Waals surface area contributed by atoms with Gasteiger partial charge in [0.2, 0.25) is 0 Å². The topological polar surface area (TPSA) is 80.9 Å². The maximum Gasteiger partial charge on any atom is 0.313 e. The maximum absolute atomic E-state index is 10.5. The van der Waals surface area contributed by atoms with Gasteiger partial charge in [-0.05, 0) is 6.92 Å². The molecule has 0 atom stereocenters. The first kappa shape index (κ1) is 12.1. The monoisotopic (exact) mass is 270 g/mol. The van der Waals surface area contributed by atoms with Crippen molar-refractivity contribution >= 4 is 29.1 Å². The Bertz CT molecular complexity index is 509. The largest absolute Gasteiger partial charge is 0.481 e. The smallest absolute Gasteiger partial charge is 0.313 e. The zero-order valence-corrected chi connectivity index (χ0v) is 10.7. The molecule has 17 heavy (non-hydrogen) atoms. The Labute approximate surface area is 106 Å². The zero-order chi connectivity index (χ0) is 12.3. The van der Waals surface area contributed by atoms with Gasteiger partial charge in [-0.1, -0.05) is 11.8 Å². The van der Waals surface area contributed by atoms with Crippen LogP contribution in [0.3, 0.4) is 0 Å². The molecule has 2 heterocycles. The van der Waals surface area contributed by atoms with Crippen molar-refractivity contribution in [1.29, 1.82) is 0 Å². The van der Waals surface area contributed by atoms with Crippen LogP contribution in [0.15, 0.2) is 16.9 Å². The molecule has 1 N–H and O–H groups in total. The maximum atomic E-state index is 10.5. The summed E-state index contributed by atoms with van der Waals surface area (Å²) < 4.78 is 1.89. The Hall–Kier alpha value is -1.41. The summed E-state index contributed by atoms with van der Waals surface area (Å²) in [5.74, 6) is -0.135. The fourth-order valence-electron chi connectivity index (χ4n) is 1.32. The van der Waals surface area contributed by atoms with E-state index in [4.69, 9.17) is 5.11 Å². The second-order valence-corrected chi connectivity index (χ2v) is 4.93. The minimum atomic E-state index is -0.861. The van der Waals surface area contributed by atoms with Crippen LogP contribution in [0.2, 0.25) is 0 Å². The number of carboxylic acid groups (broad SMARTS) is 1. The number of nitrogens with zero attached hydrogens (tertiary/aromatic N) is 4. The Morgan fingerprint density at radius 1 is 1.59 bits per heavy atom. The highest BCUT2D eigenvalue weighted by molar-refractivity contribution is 7.99. The van der Waals surface area contributed by atoms with Gasteiger partial charge in [0, 0.05) is 12.7 Å². The molecule has 0 spiro atoms. The minimum Gasteiger partial charge on any atom is -0.481 e. The van der Waals surface area contributed by atoms with Gasteiger partial charge in [-0.15, -0.1) is 21.5 Å². The average molecular weight is 270 g/mol. The number of hydrogen-bond acceptors (Lipinski definition) is 6. The SMILES string of the molecule is CCn1c(SCC(=O)O)nnc1-c1cncs1. The third-order valence-corrected chi connectivity index (χ3v) is 3.73. The van der Waals surface area contributed by atoms with Crippen LogP contribution in [0.1, 0.15) is 6.92 Å². The molecule has 0 aliphatic heterocycles. The molecule has 2 aromatic heterocycles. The van der Waals surface area contributed by atoms with Gasteiger partial charge >= 0.3 is 5.97 Å². The van der Waals surface area contributed by atoms with Crippen LogP contribution >= 0.6 is 23.1 Å². The third-order valence-electron chi connectivity index (χ3n) is 2.01. The van der Waals surface area contributed by atoms with Crippen LogP contribution in [0.5, 0.6) is 0 Å². The summed E-state index contributed by atoms with van der Waals surface area (Å²) in [5.41, 5.74) is 1.73. The van der Waals surface area contributed by atoms with E-state index in [1.54, 1.807) is 11.7 Å². The van der Waals surface area contributed by atoms with Crippen molar-refractivity contribution in [3.63, 3.8) is 0 Å². The van der Waals surface area contributed by atoms with Crippen LogP contribution in [-0.2, 0) is 11.3 Å². The number of rotatable bonds is 5. The molecule has 0 saturated heterocycles. The summed E-state index contributed by atoms with van der Waals surface area (Å²) in [5, 5.41) is 17.3. The van der Waals surface area contributed by atoms with Crippen molar-refractivity contribution in [1.82, 2.24) is 19.7 Å². The van der Waals surface area contributed by atoms with E-state index in [1.807, 2.05) is 11.5 Å². The van der Waals surface area contributed by atoms with Gasteiger partial charge < -0.3 is 9.67 Å². The fourth-order valence-corrected chi connectivity index (χ4v) is 2.65. The second-order valence-electron chi connectivity index (χ2n) is 3.10. The van der Waals surface area contributed by atoms with E-state index in [0.717, 1.165) is 10.7 Å². The van der Waals surface area contributed by atoms with Crippen molar-refractivity contribution < 1.29 is 9.90 Å². The summed E-state index contributed by atoms with van der Waals surface area (Å²) in [4.78, 5) is 15.4. The quantitative estimate of drug-likeness (QED) is 0.831. The lowest BCUT2D eigenvalue weighted by atomic mass is 10.5. The van der Waals surface area contributed by atoms with Gasteiger partial charge in [0.25, 0.3) is 0 Å². The number of thioether (sulfide) groups is 1. The fraction of sp³-hybridized carbons (Fsp3) is 0.333. The molecule has 90 valence electrons. The lowest BCUT2D eigenvalue weighted by molar-refractivity contribution is -0.133. The lowest BCUT2D eigenvalue weighted by Crippen LogP contribution is -2.02. The van der Waals surface area contributed by atoms with Gasteiger partial charge in [0.05, 0.1) is 16.1 Å². The predicted octanol–water partition coefficient (Wildman–Crippen LogP) is 1.60. The van der Waals surface area contributed by atoms with Gasteiger partial charge in [0.1, 0.15) is 0 Å². The standard InChI is InChI=1S/C9H10N4O2S2/c1-2-13-8(6-3-10-5-17-6)11-12-9(13)16-4-7(14)15/h3,5H,2,4H2,1H3,(H,14,15). The summed E-state index contributed by atoms with van der Waals surface area (Å²) in [6.45, 7) is 2.67. The van der Waals surface area contributed by atoms with Gasteiger partial charge in [-0.2, -0.15) is 0 Å². The lowest BCUT2D eigenvalue weighted by Gasteiger charge is -2.04.